The molecule has 0 aromatic carbocycles. The van der Waals surface area contributed by atoms with Crippen LogP contribution < -0.4 is 10.6 Å². The van der Waals surface area contributed by atoms with Crippen molar-refractivity contribution < 1.29 is 9.59 Å². The Morgan fingerprint density at radius 1 is 1.33 bits per heavy atom. The number of nitrogens with zero attached hydrogens (tertiary/aromatic N) is 1. The van der Waals surface area contributed by atoms with Gasteiger partial charge >= 0.3 is 0 Å². The first kappa shape index (κ1) is 15.7. The van der Waals surface area contributed by atoms with E-state index in [1.807, 2.05) is 13.0 Å². The Hall–Kier alpha value is -1.73. The van der Waals surface area contributed by atoms with E-state index >= 15 is 0 Å². The summed E-state index contributed by atoms with van der Waals surface area (Å²) in [6, 6.07) is 6.46. The van der Waals surface area contributed by atoms with E-state index < -0.39 is 6.04 Å². The fourth-order valence-electron chi connectivity index (χ4n) is 1.61. The molecule has 0 bridgehead atoms. The Morgan fingerprint density at radius 3 is 2.71 bits per heavy atom. The number of aryl methyl sites for hydroxylation is 1. The Morgan fingerprint density at radius 2 is 2.10 bits per heavy atom. The number of thiophene rings is 1. The molecule has 0 spiro atoms. The van der Waals surface area contributed by atoms with Crippen molar-refractivity contribution in [2.45, 2.75) is 19.9 Å². The van der Waals surface area contributed by atoms with Crippen LogP contribution in [0.15, 0.2) is 34.2 Å². The Labute approximate surface area is 134 Å². The van der Waals surface area contributed by atoms with Gasteiger partial charge in [-0.3, -0.25) is 9.59 Å². The zero-order valence-electron chi connectivity index (χ0n) is 11.5. The number of nitrogens with one attached hydrogen (secondary N) is 2. The summed E-state index contributed by atoms with van der Waals surface area (Å²) in [7, 11) is 0. The van der Waals surface area contributed by atoms with Gasteiger partial charge < -0.3 is 10.6 Å². The Kier molecular flexibility index (Phi) is 5.08. The monoisotopic (exact) mass is 367 g/mol. The lowest BCUT2D eigenvalue weighted by atomic mass is 10.2. The smallest absolute Gasteiger partial charge is 0.262 e. The second-order valence-corrected chi connectivity index (χ2v) is 6.97. The SMILES string of the molecule is Cc1ccnc(NC(=O)C(C)NC(=O)c2ccc(Br)s2)c1. The van der Waals surface area contributed by atoms with Gasteiger partial charge in [-0.05, 0) is 59.6 Å². The topological polar surface area (TPSA) is 71.1 Å². The highest BCUT2D eigenvalue weighted by atomic mass is 79.9. The van der Waals surface area contributed by atoms with Crippen molar-refractivity contribution in [3.05, 3.63) is 44.7 Å². The van der Waals surface area contributed by atoms with Crippen LogP contribution >= 0.6 is 27.3 Å². The Balaban J connectivity index is 1.95. The molecule has 2 rings (SSSR count). The zero-order valence-corrected chi connectivity index (χ0v) is 13.9. The molecule has 0 saturated heterocycles. The van der Waals surface area contributed by atoms with E-state index in [1.165, 1.54) is 11.3 Å². The van der Waals surface area contributed by atoms with E-state index in [2.05, 4.69) is 31.5 Å². The minimum absolute atomic E-state index is 0.273. The highest BCUT2D eigenvalue weighted by Crippen LogP contribution is 2.21. The van der Waals surface area contributed by atoms with Gasteiger partial charge in [0.15, 0.2) is 0 Å². The van der Waals surface area contributed by atoms with Crippen molar-refractivity contribution in [2.75, 3.05) is 5.32 Å². The molecule has 7 heteroatoms. The molecule has 21 heavy (non-hydrogen) atoms. The van der Waals surface area contributed by atoms with Crippen molar-refractivity contribution in [2.24, 2.45) is 0 Å². The van der Waals surface area contributed by atoms with Gasteiger partial charge in [0.2, 0.25) is 5.91 Å². The number of rotatable bonds is 4. The molecular formula is C14H14BrN3O2S. The number of aromatic nitrogens is 1. The molecule has 0 saturated carbocycles. The summed E-state index contributed by atoms with van der Waals surface area (Å²) in [5, 5.41) is 5.33. The van der Waals surface area contributed by atoms with E-state index in [9.17, 15) is 9.59 Å². The molecule has 2 heterocycles. The summed E-state index contributed by atoms with van der Waals surface area (Å²) in [5.74, 6) is -0.109. The molecule has 0 aliphatic rings. The van der Waals surface area contributed by atoms with E-state index in [0.29, 0.717) is 10.7 Å². The van der Waals surface area contributed by atoms with Crippen LogP contribution in [-0.2, 0) is 4.79 Å². The summed E-state index contributed by atoms with van der Waals surface area (Å²) in [6.07, 6.45) is 1.62. The van der Waals surface area contributed by atoms with Crippen LogP contribution in [0.4, 0.5) is 5.82 Å². The Bertz CT molecular complexity index is 672. The quantitative estimate of drug-likeness (QED) is 0.872. The van der Waals surface area contributed by atoms with Crippen LogP contribution in [0.25, 0.3) is 0 Å². The second kappa shape index (κ2) is 6.82. The van der Waals surface area contributed by atoms with Crippen LogP contribution in [0.1, 0.15) is 22.2 Å². The molecule has 0 radical (unpaired) electrons. The third kappa shape index (κ3) is 4.37. The molecule has 0 aliphatic carbocycles. The van der Waals surface area contributed by atoms with E-state index in [1.54, 1.807) is 31.3 Å². The molecule has 1 atom stereocenters. The second-order valence-electron chi connectivity index (χ2n) is 4.51. The maximum Gasteiger partial charge on any atom is 0.262 e. The summed E-state index contributed by atoms with van der Waals surface area (Å²) in [5.41, 5.74) is 1.00. The zero-order chi connectivity index (χ0) is 15.4. The fourth-order valence-corrected chi connectivity index (χ4v) is 2.90. The first-order chi connectivity index (χ1) is 9.95. The van der Waals surface area contributed by atoms with E-state index in [0.717, 1.165) is 9.35 Å². The van der Waals surface area contributed by atoms with Gasteiger partial charge in [0.25, 0.3) is 5.91 Å². The molecule has 2 aromatic heterocycles. The predicted octanol–water partition coefficient (Wildman–Crippen LogP) is 2.97. The molecule has 2 aromatic rings. The van der Waals surface area contributed by atoms with E-state index in [4.69, 9.17) is 0 Å². The number of hydrogen-bond donors (Lipinski definition) is 2. The number of carbonyl (C=O) groups is 2. The number of carbonyl (C=O) groups excluding carboxylic acids is 2. The number of anilines is 1. The number of hydrogen-bond acceptors (Lipinski definition) is 4. The molecular weight excluding hydrogens is 354 g/mol. The average molecular weight is 368 g/mol. The van der Waals surface area contributed by atoms with Gasteiger partial charge in [-0.25, -0.2) is 4.98 Å². The van der Waals surface area contributed by atoms with Crippen molar-refractivity contribution >= 4 is 44.9 Å². The van der Waals surface area contributed by atoms with Gasteiger partial charge in [-0.1, -0.05) is 0 Å². The number of pyridine rings is 1. The fraction of sp³-hybridized carbons (Fsp3) is 0.214. The van der Waals surface area contributed by atoms with Crippen molar-refractivity contribution in [3.8, 4) is 0 Å². The van der Waals surface area contributed by atoms with Crippen LogP contribution in [0.3, 0.4) is 0 Å². The summed E-state index contributed by atoms with van der Waals surface area (Å²) in [6.45, 7) is 3.54. The largest absolute Gasteiger partial charge is 0.340 e. The number of halogens is 1. The maximum atomic E-state index is 12.0. The van der Waals surface area contributed by atoms with E-state index in [-0.39, 0.29) is 11.8 Å². The van der Waals surface area contributed by atoms with Gasteiger partial charge in [-0.15, -0.1) is 11.3 Å². The average Bonchev–Trinajstić information content (AvgIpc) is 2.85. The summed E-state index contributed by atoms with van der Waals surface area (Å²) < 4.78 is 0.869. The highest BCUT2D eigenvalue weighted by Gasteiger charge is 2.18. The van der Waals surface area contributed by atoms with Crippen molar-refractivity contribution in [3.63, 3.8) is 0 Å². The normalized spacial score (nSPS) is 11.8. The van der Waals surface area contributed by atoms with Crippen LogP contribution in [0.5, 0.6) is 0 Å². The van der Waals surface area contributed by atoms with Crippen LogP contribution in [0, 0.1) is 6.92 Å². The first-order valence-electron chi connectivity index (χ1n) is 6.25. The molecule has 0 fully saturated rings. The van der Waals surface area contributed by atoms with Crippen molar-refractivity contribution in [1.29, 1.82) is 0 Å². The third-order valence-electron chi connectivity index (χ3n) is 2.70. The van der Waals surface area contributed by atoms with Gasteiger partial charge in [0.1, 0.15) is 11.9 Å². The highest BCUT2D eigenvalue weighted by molar-refractivity contribution is 9.11. The minimum Gasteiger partial charge on any atom is -0.340 e. The predicted molar refractivity (Wildman–Crippen MR) is 86.6 cm³/mol. The van der Waals surface area contributed by atoms with Gasteiger partial charge in [-0.2, -0.15) is 0 Å². The molecule has 2 amide bonds. The molecule has 1 unspecified atom stereocenters. The minimum atomic E-state index is -0.652. The lowest BCUT2D eigenvalue weighted by Gasteiger charge is -2.13. The van der Waals surface area contributed by atoms with Crippen LogP contribution in [0.2, 0.25) is 0 Å². The van der Waals surface area contributed by atoms with Gasteiger partial charge in [0, 0.05) is 6.20 Å². The lowest BCUT2D eigenvalue weighted by Crippen LogP contribution is -2.41. The van der Waals surface area contributed by atoms with Gasteiger partial charge in [0.05, 0.1) is 8.66 Å². The third-order valence-corrected chi connectivity index (χ3v) is 4.33. The molecule has 2 N–H and O–H groups in total. The first-order valence-corrected chi connectivity index (χ1v) is 7.86. The van der Waals surface area contributed by atoms with Crippen LogP contribution in [-0.4, -0.2) is 22.8 Å². The summed E-state index contributed by atoms with van der Waals surface area (Å²) >= 11 is 4.61. The number of amides is 2. The summed E-state index contributed by atoms with van der Waals surface area (Å²) in [4.78, 5) is 28.6. The van der Waals surface area contributed by atoms with Crippen molar-refractivity contribution in [1.82, 2.24) is 10.3 Å². The molecule has 110 valence electrons. The molecule has 0 aliphatic heterocycles. The lowest BCUT2D eigenvalue weighted by molar-refractivity contribution is -0.117. The maximum absolute atomic E-state index is 12.0. The standard InChI is InChI=1S/C14H14BrN3O2S/c1-8-5-6-16-12(7-8)18-13(19)9(2)17-14(20)10-3-4-11(15)21-10/h3-7,9H,1-2H3,(H,17,20)(H,16,18,19). The molecule has 5 nitrogen and oxygen atoms in total.